The normalized spacial score (nSPS) is 22.6. The van der Waals surface area contributed by atoms with E-state index in [1.807, 2.05) is 0 Å². The second-order valence-corrected chi connectivity index (χ2v) is 5.91. The van der Waals surface area contributed by atoms with Crippen molar-refractivity contribution >= 4 is 5.97 Å². The molecule has 1 aliphatic rings. The van der Waals surface area contributed by atoms with Gasteiger partial charge in [-0.1, -0.05) is 20.8 Å². The predicted octanol–water partition coefficient (Wildman–Crippen LogP) is 2.75. The van der Waals surface area contributed by atoms with Crippen LogP contribution in [0.2, 0.25) is 0 Å². The molecule has 0 radical (unpaired) electrons. The number of carboxylic acids is 1. The summed E-state index contributed by atoms with van der Waals surface area (Å²) in [5.41, 5.74) is 0.350. The number of carboxylic acid groups (broad SMARTS) is 1. The van der Waals surface area contributed by atoms with Gasteiger partial charge < -0.3 is 5.11 Å². The Hall–Kier alpha value is -0.570. The van der Waals surface area contributed by atoms with Gasteiger partial charge in [0.2, 0.25) is 0 Å². The van der Waals surface area contributed by atoms with Crippen LogP contribution in [0.15, 0.2) is 0 Å². The minimum absolute atomic E-state index is 0.314. The largest absolute Gasteiger partial charge is 0.481 e. The van der Waals surface area contributed by atoms with Gasteiger partial charge in [-0.05, 0) is 44.2 Å². The first-order chi connectivity index (χ1) is 7.41. The lowest BCUT2D eigenvalue weighted by Crippen LogP contribution is -2.39. The zero-order chi connectivity index (χ0) is 12.2. The third kappa shape index (κ3) is 4.12. The zero-order valence-corrected chi connectivity index (χ0v) is 10.8. The third-order valence-electron chi connectivity index (χ3n) is 3.45. The standard InChI is InChI=1S/C13H25NO2/c1-13(2,3)11-7-6-10-14(11)9-5-4-8-12(15)16/h11H,4-10H2,1-3H3,(H,15,16). The molecule has 16 heavy (non-hydrogen) atoms. The van der Waals surface area contributed by atoms with Crippen molar-refractivity contribution in [3.8, 4) is 0 Å². The summed E-state index contributed by atoms with van der Waals surface area (Å²) in [6.07, 6.45) is 4.72. The van der Waals surface area contributed by atoms with Crippen LogP contribution in [0.1, 0.15) is 52.9 Å². The topological polar surface area (TPSA) is 40.5 Å². The molecule has 0 aromatic carbocycles. The molecule has 0 bridgehead atoms. The molecular weight excluding hydrogens is 202 g/mol. The fourth-order valence-corrected chi connectivity index (χ4v) is 2.67. The van der Waals surface area contributed by atoms with Gasteiger partial charge in [-0.2, -0.15) is 0 Å². The molecule has 0 aromatic rings. The molecule has 1 heterocycles. The molecule has 0 aromatic heterocycles. The van der Waals surface area contributed by atoms with Crippen LogP contribution in [-0.2, 0) is 4.79 Å². The Labute approximate surface area is 98.8 Å². The Morgan fingerprint density at radius 2 is 2.06 bits per heavy atom. The molecule has 1 aliphatic heterocycles. The molecule has 1 N–H and O–H groups in total. The van der Waals surface area contributed by atoms with E-state index in [4.69, 9.17) is 5.11 Å². The lowest BCUT2D eigenvalue weighted by atomic mass is 9.85. The van der Waals surface area contributed by atoms with E-state index in [0.717, 1.165) is 19.4 Å². The minimum Gasteiger partial charge on any atom is -0.481 e. The van der Waals surface area contributed by atoms with Gasteiger partial charge in [0.15, 0.2) is 0 Å². The van der Waals surface area contributed by atoms with E-state index >= 15 is 0 Å². The van der Waals surface area contributed by atoms with Crippen LogP contribution in [0.25, 0.3) is 0 Å². The van der Waals surface area contributed by atoms with Crippen LogP contribution in [0.5, 0.6) is 0 Å². The first-order valence-corrected chi connectivity index (χ1v) is 6.37. The van der Waals surface area contributed by atoms with Crippen LogP contribution in [0.3, 0.4) is 0 Å². The molecule has 94 valence electrons. The Morgan fingerprint density at radius 1 is 1.38 bits per heavy atom. The monoisotopic (exact) mass is 227 g/mol. The number of nitrogens with zero attached hydrogens (tertiary/aromatic N) is 1. The van der Waals surface area contributed by atoms with E-state index in [2.05, 4.69) is 25.7 Å². The van der Waals surface area contributed by atoms with Gasteiger partial charge in [0.05, 0.1) is 0 Å². The SMILES string of the molecule is CC(C)(C)C1CCCN1CCCCC(=O)O. The van der Waals surface area contributed by atoms with Crippen molar-refractivity contribution in [2.75, 3.05) is 13.1 Å². The highest BCUT2D eigenvalue weighted by Crippen LogP contribution is 2.32. The van der Waals surface area contributed by atoms with E-state index in [9.17, 15) is 4.79 Å². The molecular formula is C13H25NO2. The van der Waals surface area contributed by atoms with Crippen molar-refractivity contribution in [1.82, 2.24) is 4.90 Å². The second-order valence-electron chi connectivity index (χ2n) is 5.91. The smallest absolute Gasteiger partial charge is 0.303 e. The van der Waals surface area contributed by atoms with Crippen molar-refractivity contribution in [1.29, 1.82) is 0 Å². The van der Waals surface area contributed by atoms with Gasteiger partial charge in [0.25, 0.3) is 0 Å². The second kappa shape index (κ2) is 5.67. The van der Waals surface area contributed by atoms with Crippen molar-refractivity contribution in [3.63, 3.8) is 0 Å². The van der Waals surface area contributed by atoms with Crippen LogP contribution in [-0.4, -0.2) is 35.1 Å². The number of hydrogen-bond acceptors (Lipinski definition) is 2. The average Bonchev–Trinajstić information content (AvgIpc) is 2.59. The summed E-state index contributed by atoms with van der Waals surface area (Å²) < 4.78 is 0. The maximum atomic E-state index is 10.4. The van der Waals surface area contributed by atoms with Gasteiger partial charge in [-0.25, -0.2) is 0 Å². The maximum Gasteiger partial charge on any atom is 0.303 e. The highest BCUT2D eigenvalue weighted by Gasteiger charge is 2.33. The first kappa shape index (κ1) is 13.5. The van der Waals surface area contributed by atoms with Crippen LogP contribution in [0, 0.1) is 5.41 Å². The third-order valence-corrected chi connectivity index (χ3v) is 3.45. The van der Waals surface area contributed by atoms with Crippen LogP contribution < -0.4 is 0 Å². The average molecular weight is 227 g/mol. The lowest BCUT2D eigenvalue weighted by Gasteiger charge is -2.35. The van der Waals surface area contributed by atoms with Crippen LogP contribution >= 0.6 is 0 Å². The summed E-state index contributed by atoms with van der Waals surface area (Å²) in [6, 6.07) is 0.678. The van der Waals surface area contributed by atoms with E-state index in [1.165, 1.54) is 19.4 Å². The predicted molar refractivity (Wildman–Crippen MR) is 65.5 cm³/mol. The van der Waals surface area contributed by atoms with E-state index < -0.39 is 5.97 Å². The molecule has 3 heteroatoms. The number of hydrogen-bond donors (Lipinski definition) is 1. The summed E-state index contributed by atoms with van der Waals surface area (Å²) in [5, 5.41) is 8.57. The van der Waals surface area contributed by atoms with Crippen molar-refractivity contribution in [3.05, 3.63) is 0 Å². The van der Waals surface area contributed by atoms with Gasteiger partial charge in [-0.3, -0.25) is 9.69 Å². The summed E-state index contributed by atoms with van der Waals surface area (Å²) in [7, 11) is 0. The molecule has 1 saturated heterocycles. The van der Waals surface area contributed by atoms with E-state index in [-0.39, 0.29) is 0 Å². The van der Waals surface area contributed by atoms with E-state index in [0.29, 0.717) is 17.9 Å². The number of aliphatic carboxylic acids is 1. The highest BCUT2D eigenvalue weighted by atomic mass is 16.4. The Morgan fingerprint density at radius 3 is 2.62 bits per heavy atom. The summed E-state index contributed by atoms with van der Waals surface area (Å²) >= 11 is 0. The van der Waals surface area contributed by atoms with Gasteiger partial charge in [0.1, 0.15) is 0 Å². The number of rotatable bonds is 5. The van der Waals surface area contributed by atoms with Gasteiger partial charge in [-0.15, -0.1) is 0 Å². The van der Waals surface area contributed by atoms with Gasteiger partial charge in [0, 0.05) is 12.5 Å². The number of carbonyl (C=O) groups is 1. The molecule has 3 nitrogen and oxygen atoms in total. The maximum absolute atomic E-state index is 10.4. The molecule has 1 rings (SSSR count). The fourth-order valence-electron chi connectivity index (χ4n) is 2.67. The number of unbranched alkanes of at least 4 members (excludes halogenated alkanes) is 1. The fraction of sp³-hybridized carbons (Fsp3) is 0.923. The first-order valence-electron chi connectivity index (χ1n) is 6.37. The summed E-state index contributed by atoms with van der Waals surface area (Å²) in [5.74, 6) is -0.672. The molecule has 1 unspecified atom stereocenters. The molecule has 0 aliphatic carbocycles. The minimum atomic E-state index is -0.672. The summed E-state index contributed by atoms with van der Waals surface area (Å²) in [4.78, 5) is 12.9. The molecule has 0 amide bonds. The van der Waals surface area contributed by atoms with Gasteiger partial charge >= 0.3 is 5.97 Å². The van der Waals surface area contributed by atoms with E-state index in [1.54, 1.807) is 0 Å². The Kier molecular flexibility index (Phi) is 4.78. The molecule has 0 saturated carbocycles. The Balaban J connectivity index is 2.28. The van der Waals surface area contributed by atoms with Crippen molar-refractivity contribution < 1.29 is 9.90 Å². The zero-order valence-electron chi connectivity index (χ0n) is 10.8. The lowest BCUT2D eigenvalue weighted by molar-refractivity contribution is -0.137. The van der Waals surface area contributed by atoms with Crippen LogP contribution in [0.4, 0.5) is 0 Å². The molecule has 1 fully saturated rings. The van der Waals surface area contributed by atoms with Crippen molar-refractivity contribution in [2.45, 2.75) is 58.9 Å². The summed E-state index contributed by atoms with van der Waals surface area (Å²) in [6.45, 7) is 9.15. The van der Waals surface area contributed by atoms with Crippen molar-refractivity contribution in [2.24, 2.45) is 5.41 Å². The molecule has 0 spiro atoms. The Bertz CT molecular complexity index is 233. The highest BCUT2D eigenvalue weighted by molar-refractivity contribution is 5.66. The number of likely N-dealkylation sites (tertiary alicyclic amines) is 1. The quantitative estimate of drug-likeness (QED) is 0.734. The molecule has 1 atom stereocenters.